The first-order valence-corrected chi connectivity index (χ1v) is 11.2. The Morgan fingerprint density at radius 1 is 0.967 bits per heavy atom. The maximum atomic E-state index is 13.3. The lowest BCUT2D eigenvalue weighted by atomic mass is 10.1. The zero-order valence-electron chi connectivity index (χ0n) is 15.7. The molecule has 30 heavy (non-hydrogen) atoms. The second kappa shape index (κ2) is 7.97. The molecule has 3 nitrogen and oxygen atoms in total. The van der Waals surface area contributed by atoms with E-state index in [1.54, 1.807) is 12.1 Å². The van der Waals surface area contributed by atoms with Crippen LogP contribution in [-0.4, -0.2) is 21.5 Å². The number of Topliss-reactive ketones (excluding diaryl/α,β-unsaturated/α-hetero) is 1. The third kappa shape index (κ3) is 3.60. The molecule has 2 heterocycles. The van der Waals surface area contributed by atoms with E-state index in [1.807, 2.05) is 47.8 Å². The van der Waals surface area contributed by atoms with Crippen LogP contribution in [0.5, 0.6) is 0 Å². The summed E-state index contributed by atoms with van der Waals surface area (Å²) in [5.74, 6) is 0.0598. The maximum Gasteiger partial charge on any atom is 0.173 e. The van der Waals surface area contributed by atoms with Gasteiger partial charge in [-0.25, -0.2) is 14.4 Å². The molecule has 146 valence electrons. The molecule has 0 saturated carbocycles. The minimum absolute atomic E-state index is 0.0519. The van der Waals surface area contributed by atoms with E-state index in [0.717, 1.165) is 37.1 Å². The lowest BCUT2D eigenvalue weighted by Gasteiger charge is -2.06. The molecule has 0 radical (unpaired) electrons. The first kappa shape index (κ1) is 18.9. The molecule has 0 spiro atoms. The number of hydrogen-bond donors (Lipinski definition) is 0. The highest BCUT2D eigenvalue weighted by Crippen LogP contribution is 2.38. The van der Waals surface area contributed by atoms with Crippen molar-refractivity contribution in [3.05, 3.63) is 89.8 Å². The summed E-state index contributed by atoms with van der Waals surface area (Å²) in [7, 11) is 0. The van der Waals surface area contributed by atoms with Crippen molar-refractivity contribution in [3.8, 4) is 11.1 Å². The second-order valence-electron chi connectivity index (χ2n) is 6.79. The van der Waals surface area contributed by atoms with Crippen LogP contribution in [0.2, 0.25) is 0 Å². The van der Waals surface area contributed by atoms with E-state index in [-0.39, 0.29) is 17.4 Å². The van der Waals surface area contributed by atoms with Gasteiger partial charge in [-0.15, -0.1) is 11.3 Å². The Morgan fingerprint density at radius 3 is 2.60 bits per heavy atom. The van der Waals surface area contributed by atoms with Crippen molar-refractivity contribution in [1.82, 2.24) is 9.97 Å². The van der Waals surface area contributed by atoms with Crippen molar-refractivity contribution in [2.75, 3.05) is 5.75 Å². The van der Waals surface area contributed by atoms with Gasteiger partial charge in [0.15, 0.2) is 5.78 Å². The van der Waals surface area contributed by atoms with Gasteiger partial charge in [-0.3, -0.25) is 4.79 Å². The number of hydrogen-bond acceptors (Lipinski definition) is 5. The number of aromatic nitrogens is 2. The Kier molecular flexibility index (Phi) is 5.02. The number of benzene rings is 3. The van der Waals surface area contributed by atoms with Crippen LogP contribution in [-0.2, 0) is 0 Å². The SMILES string of the molecule is O=C(CSc1ncnc2scc(-c3ccc(F)cc3)c12)c1ccc2ccccc2c1. The van der Waals surface area contributed by atoms with E-state index in [9.17, 15) is 9.18 Å². The topological polar surface area (TPSA) is 42.9 Å². The second-order valence-corrected chi connectivity index (χ2v) is 8.61. The Balaban J connectivity index is 1.44. The molecule has 0 fully saturated rings. The fourth-order valence-corrected chi connectivity index (χ4v) is 5.27. The number of rotatable bonds is 5. The van der Waals surface area contributed by atoms with Crippen LogP contribution in [0, 0.1) is 5.82 Å². The largest absolute Gasteiger partial charge is 0.293 e. The summed E-state index contributed by atoms with van der Waals surface area (Å²) in [6.45, 7) is 0. The summed E-state index contributed by atoms with van der Waals surface area (Å²) < 4.78 is 13.3. The molecule has 5 aromatic rings. The molecule has 0 N–H and O–H groups in total. The van der Waals surface area contributed by atoms with Gasteiger partial charge < -0.3 is 0 Å². The zero-order valence-corrected chi connectivity index (χ0v) is 17.3. The fraction of sp³-hybridized carbons (Fsp3) is 0.0417. The van der Waals surface area contributed by atoms with E-state index in [1.165, 1.54) is 41.6 Å². The average molecular weight is 431 g/mol. The summed E-state index contributed by atoms with van der Waals surface area (Å²) in [6.07, 6.45) is 1.52. The number of thiophene rings is 1. The minimum Gasteiger partial charge on any atom is -0.293 e. The van der Waals surface area contributed by atoms with E-state index < -0.39 is 0 Å². The van der Waals surface area contributed by atoms with E-state index in [0.29, 0.717) is 5.56 Å². The van der Waals surface area contributed by atoms with Crippen LogP contribution in [0.1, 0.15) is 10.4 Å². The summed E-state index contributed by atoms with van der Waals surface area (Å²) in [4.78, 5) is 22.5. The van der Waals surface area contributed by atoms with Gasteiger partial charge in [0.05, 0.1) is 11.1 Å². The Morgan fingerprint density at radius 2 is 1.77 bits per heavy atom. The number of carbonyl (C=O) groups excluding carboxylic acids is 1. The molecule has 0 atom stereocenters. The van der Waals surface area contributed by atoms with Gasteiger partial charge in [0, 0.05) is 16.5 Å². The molecule has 6 heteroatoms. The number of fused-ring (bicyclic) bond motifs is 2. The molecular formula is C24H15FN2OS2. The standard InChI is InChI=1S/C24H15FN2OS2/c25-19-9-7-16(8-10-19)20-12-29-23-22(20)24(27-14-26-23)30-13-21(28)18-6-5-15-3-1-2-4-17(15)11-18/h1-12,14H,13H2. The van der Waals surface area contributed by atoms with Crippen molar-refractivity contribution in [3.63, 3.8) is 0 Å². The van der Waals surface area contributed by atoms with Crippen LogP contribution in [0.15, 0.2) is 83.5 Å². The van der Waals surface area contributed by atoms with Gasteiger partial charge >= 0.3 is 0 Å². The molecule has 0 aliphatic carbocycles. The smallest absolute Gasteiger partial charge is 0.173 e. The van der Waals surface area contributed by atoms with Crippen molar-refractivity contribution in [1.29, 1.82) is 0 Å². The Bertz CT molecular complexity index is 1380. The highest BCUT2D eigenvalue weighted by Gasteiger charge is 2.15. The Labute approximate surface area is 180 Å². The van der Waals surface area contributed by atoms with E-state index >= 15 is 0 Å². The third-order valence-corrected chi connectivity index (χ3v) is 6.78. The first-order chi connectivity index (χ1) is 14.7. The summed E-state index contributed by atoms with van der Waals surface area (Å²) in [5.41, 5.74) is 2.55. The maximum absolute atomic E-state index is 13.3. The fourth-order valence-electron chi connectivity index (χ4n) is 3.38. The van der Waals surface area contributed by atoms with Gasteiger partial charge in [-0.1, -0.05) is 60.3 Å². The van der Waals surface area contributed by atoms with E-state index in [4.69, 9.17) is 0 Å². The Hall–Kier alpha value is -3.09. The number of thioether (sulfide) groups is 1. The minimum atomic E-state index is -0.273. The molecule has 0 aliphatic heterocycles. The van der Waals surface area contributed by atoms with Crippen LogP contribution in [0.25, 0.3) is 32.1 Å². The number of halogens is 1. The van der Waals surface area contributed by atoms with Crippen LogP contribution in [0.4, 0.5) is 4.39 Å². The van der Waals surface area contributed by atoms with Crippen LogP contribution >= 0.6 is 23.1 Å². The molecule has 2 aromatic heterocycles. The van der Waals surface area contributed by atoms with Crippen LogP contribution in [0.3, 0.4) is 0 Å². The molecular weight excluding hydrogens is 415 g/mol. The van der Waals surface area contributed by atoms with Crippen molar-refractivity contribution in [2.24, 2.45) is 0 Å². The van der Waals surface area contributed by atoms with Crippen molar-refractivity contribution >= 4 is 49.9 Å². The first-order valence-electron chi connectivity index (χ1n) is 9.32. The highest BCUT2D eigenvalue weighted by molar-refractivity contribution is 8.00. The molecule has 0 bridgehead atoms. The molecule has 0 amide bonds. The molecule has 3 aromatic carbocycles. The van der Waals surface area contributed by atoms with Gasteiger partial charge in [0.25, 0.3) is 0 Å². The van der Waals surface area contributed by atoms with Gasteiger partial charge in [-0.05, 0) is 34.5 Å². The van der Waals surface area contributed by atoms with Gasteiger partial charge in [0.2, 0.25) is 0 Å². The predicted octanol–water partition coefficient (Wildman–Crippen LogP) is 6.63. The summed E-state index contributed by atoms with van der Waals surface area (Å²) >= 11 is 2.92. The normalized spacial score (nSPS) is 11.2. The molecule has 0 unspecified atom stereocenters. The average Bonchev–Trinajstić information content (AvgIpc) is 3.22. The number of carbonyl (C=O) groups is 1. The monoisotopic (exact) mass is 430 g/mol. The lowest BCUT2D eigenvalue weighted by molar-refractivity contribution is 0.102. The third-order valence-electron chi connectivity index (χ3n) is 4.90. The van der Waals surface area contributed by atoms with Gasteiger partial charge in [-0.2, -0.15) is 0 Å². The van der Waals surface area contributed by atoms with Crippen LogP contribution < -0.4 is 0 Å². The summed E-state index contributed by atoms with van der Waals surface area (Å²) in [6, 6.07) is 20.2. The quantitative estimate of drug-likeness (QED) is 0.178. The van der Waals surface area contributed by atoms with Crippen molar-refractivity contribution in [2.45, 2.75) is 5.03 Å². The highest BCUT2D eigenvalue weighted by atomic mass is 32.2. The molecule has 5 rings (SSSR count). The van der Waals surface area contributed by atoms with Crippen molar-refractivity contribution < 1.29 is 9.18 Å². The number of nitrogens with zero attached hydrogens (tertiary/aromatic N) is 2. The van der Waals surface area contributed by atoms with Gasteiger partial charge in [0.1, 0.15) is 22.0 Å². The molecule has 0 saturated heterocycles. The number of ketones is 1. The summed E-state index contributed by atoms with van der Waals surface area (Å²) in [5, 5.41) is 5.83. The van der Waals surface area contributed by atoms with E-state index in [2.05, 4.69) is 9.97 Å². The predicted molar refractivity (Wildman–Crippen MR) is 122 cm³/mol. The lowest BCUT2D eigenvalue weighted by Crippen LogP contribution is -2.02. The molecule has 0 aliphatic rings. The zero-order chi connectivity index (χ0) is 20.5.